The zero-order valence-corrected chi connectivity index (χ0v) is 18.4. The molecule has 3 fully saturated rings. The van der Waals surface area contributed by atoms with E-state index < -0.39 is 0 Å². The van der Waals surface area contributed by atoms with Gasteiger partial charge in [0.1, 0.15) is 11.6 Å². The molecule has 4 rings (SSSR count). The van der Waals surface area contributed by atoms with Crippen LogP contribution in [0.3, 0.4) is 0 Å². The smallest absolute Gasteiger partial charge is 0.237 e. The number of carbonyl (C=O) groups is 1. The average Bonchev–Trinajstić information content (AvgIpc) is 2.73. The first kappa shape index (κ1) is 20.6. The van der Waals surface area contributed by atoms with E-state index in [-0.39, 0.29) is 0 Å². The number of amides is 1. The van der Waals surface area contributed by atoms with Crippen LogP contribution < -0.4 is 4.90 Å². The van der Waals surface area contributed by atoms with Crippen LogP contribution in [0.4, 0.5) is 5.82 Å². The number of anilines is 1. The van der Waals surface area contributed by atoms with Gasteiger partial charge in [-0.3, -0.25) is 9.69 Å². The molecule has 2 aliphatic heterocycles. The second kappa shape index (κ2) is 8.99. The van der Waals surface area contributed by atoms with Gasteiger partial charge in [-0.15, -0.1) is 0 Å². The Morgan fingerprint density at radius 3 is 2.52 bits per heavy atom. The number of aryl methyl sites for hydroxylation is 1. The molecule has 3 aliphatic rings. The van der Waals surface area contributed by atoms with Crippen LogP contribution in [0.1, 0.15) is 69.8 Å². The number of piperazine rings is 1. The Balaban J connectivity index is 1.32. The van der Waals surface area contributed by atoms with Crippen molar-refractivity contribution in [3.8, 4) is 0 Å². The van der Waals surface area contributed by atoms with E-state index in [0.717, 1.165) is 56.0 Å². The van der Waals surface area contributed by atoms with E-state index in [4.69, 9.17) is 4.98 Å². The Kier molecular flexibility index (Phi) is 6.38. The molecule has 2 atom stereocenters. The zero-order chi connectivity index (χ0) is 20.4. The van der Waals surface area contributed by atoms with Gasteiger partial charge >= 0.3 is 0 Å². The van der Waals surface area contributed by atoms with Crippen molar-refractivity contribution in [1.29, 1.82) is 0 Å². The Morgan fingerprint density at radius 2 is 1.76 bits per heavy atom. The van der Waals surface area contributed by atoms with Gasteiger partial charge in [-0.2, -0.15) is 0 Å². The van der Waals surface area contributed by atoms with Crippen molar-refractivity contribution in [3.63, 3.8) is 0 Å². The largest absolute Gasteiger partial charge is 0.354 e. The highest BCUT2D eigenvalue weighted by Gasteiger charge is 2.36. The van der Waals surface area contributed by atoms with Crippen LogP contribution in [0.25, 0.3) is 0 Å². The normalized spacial score (nSPS) is 25.9. The maximum absolute atomic E-state index is 13.1. The quantitative estimate of drug-likeness (QED) is 0.778. The van der Waals surface area contributed by atoms with Gasteiger partial charge in [-0.25, -0.2) is 9.97 Å². The zero-order valence-electron chi connectivity index (χ0n) is 18.4. The minimum absolute atomic E-state index is 0.334. The molecule has 3 heterocycles. The van der Waals surface area contributed by atoms with Crippen molar-refractivity contribution in [2.24, 2.45) is 5.92 Å². The standard InChI is InChI=1S/C23H37N5O/c1-17(2)23-24-18(3)15-21(25-23)27-13-11-26(12-14-27)16-22(29)28-10-6-8-19-7-4-5-9-20(19)28/h15,17,19-20H,4-14,16H2,1-3H3. The third-order valence-corrected chi connectivity index (χ3v) is 6.99. The van der Waals surface area contributed by atoms with E-state index in [0.29, 0.717) is 24.4 Å². The summed E-state index contributed by atoms with van der Waals surface area (Å²) in [6, 6.07) is 2.61. The number of piperidine rings is 1. The van der Waals surface area contributed by atoms with Gasteiger partial charge in [-0.05, 0) is 38.5 Å². The van der Waals surface area contributed by atoms with Gasteiger partial charge in [0.05, 0.1) is 6.54 Å². The number of hydrogen-bond acceptors (Lipinski definition) is 5. The predicted octanol–water partition coefficient (Wildman–Crippen LogP) is 3.21. The summed E-state index contributed by atoms with van der Waals surface area (Å²) in [7, 11) is 0. The topological polar surface area (TPSA) is 52.6 Å². The predicted molar refractivity (Wildman–Crippen MR) is 116 cm³/mol. The molecule has 1 saturated carbocycles. The van der Waals surface area contributed by atoms with Gasteiger partial charge in [0, 0.05) is 56.4 Å². The van der Waals surface area contributed by atoms with Gasteiger partial charge in [-0.1, -0.05) is 26.7 Å². The molecule has 1 aliphatic carbocycles. The molecule has 0 aromatic carbocycles. The summed E-state index contributed by atoms with van der Waals surface area (Å²) in [5.41, 5.74) is 1.03. The number of carbonyl (C=O) groups excluding carboxylic acids is 1. The van der Waals surface area contributed by atoms with Crippen molar-refractivity contribution in [2.75, 3.05) is 44.2 Å². The molecule has 6 heteroatoms. The van der Waals surface area contributed by atoms with Crippen molar-refractivity contribution >= 4 is 11.7 Å². The molecule has 160 valence electrons. The number of nitrogens with zero attached hydrogens (tertiary/aromatic N) is 5. The lowest BCUT2D eigenvalue weighted by Gasteiger charge is -2.45. The average molecular weight is 400 g/mol. The van der Waals surface area contributed by atoms with Crippen molar-refractivity contribution in [1.82, 2.24) is 19.8 Å². The van der Waals surface area contributed by atoms with E-state index in [9.17, 15) is 4.79 Å². The van der Waals surface area contributed by atoms with E-state index in [1.807, 2.05) is 6.92 Å². The third kappa shape index (κ3) is 4.73. The second-order valence-electron chi connectivity index (χ2n) is 9.48. The molecule has 2 saturated heterocycles. The molecule has 0 radical (unpaired) electrons. The summed E-state index contributed by atoms with van der Waals surface area (Å²) in [6.45, 7) is 11.6. The summed E-state index contributed by atoms with van der Waals surface area (Å²) in [4.78, 5) is 29.4. The number of likely N-dealkylation sites (tertiary alicyclic amines) is 1. The third-order valence-electron chi connectivity index (χ3n) is 6.99. The number of aromatic nitrogens is 2. The molecule has 0 N–H and O–H groups in total. The Morgan fingerprint density at radius 1 is 1.03 bits per heavy atom. The highest BCUT2D eigenvalue weighted by atomic mass is 16.2. The molecule has 6 nitrogen and oxygen atoms in total. The van der Waals surface area contributed by atoms with Gasteiger partial charge in [0.25, 0.3) is 0 Å². The fourth-order valence-corrected chi connectivity index (χ4v) is 5.35. The Labute approximate surface area is 175 Å². The SMILES string of the molecule is Cc1cc(N2CCN(CC(=O)N3CCCC4CCCCC43)CC2)nc(C(C)C)n1. The van der Waals surface area contributed by atoms with E-state index in [1.54, 1.807) is 0 Å². The molecule has 1 aromatic heterocycles. The van der Waals surface area contributed by atoms with Crippen LogP contribution >= 0.6 is 0 Å². The highest BCUT2D eigenvalue weighted by Crippen LogP contribution is 2.35. The number of fused-ring (bicyclic) bond motifs is 1. The molecule has 1 amide bonds. The van der Waals surface area contributed by atoms with Crippen molar-refractivity contribution < 1.29 is 4.79 Å². The highest BCUT2D eigenvalue weighted by molar-refractivity contribution is 5.78. The van der Waals surface area contributed by atoms with Crippen LogP contribution in [0.2, 0.25) is 0 Å². The monoisotopic (exact) mass is 399 g/mol. The van der Waals surface area contributed by atoms with Gasteiger partial charge < -0.3 is 9.80 Å². The first-order valence-corrected chi connectivity index (χ1v) is 11.6. The summed E-state index contributed by atoms with van der Waals surface area (Å²) in [5.74, 6) is 3.41. The Hall–Kier alpha value is -1.69. The summed E-state index contributed by atoms with van der Waals surface area (Å²) >= 11 is 0. The fraction of sp³-hybridized carbons (Fsp3) is 0.783. The summed E-state index contributed by atoms with van der Waals surface area (Å²) < 4.78 is 0. The van der Waals surface area contributed by atoms with Crippen LogP contribution in [-0.4, -0.2) is 71.0 Å². The molecular weight excluding hydrogens is 362 g/mol. The minimum Gasteiger partial charge on any atom is -0.354 e. The second-order valence-corrected chi connectivity index (χ2v) is 9.48. The molecule has 1 aromatic rings. The molecule has 29 heavy (non-hydrogen) atoms. The first-order valence-electron chi connectivity index (χ1n) is 11.6. The molecular formula is C23H37N5O. The lowest BCUT2D eigenvalue weighted by Crippen LogP contribution is -2.55. The summed E-state index contributed by atoms with van der Waals surface area (Å²) in [5, 5.41) is 0. The van der Waals surface area contributed by atoms with Crippen LogP contribution in [0, 0.1) is 12.8 Å². The minimum atomic E-state index is 0.334. The van der Waals surface area contributed by atoms with Crippen LogP contribution in [-0.2, 0) is 4.79 Å². The van der Waals surface area contributed by atoms with E-state index in [2.05, 4.69) is 39.6 Å². The number of rotatable bonds is 4. The van der Waals surface area contributed by atoms with Crippen molar-refractivity contribution in [3.05, 3.63) is 17.6 Å². The van der Waals surface area contributed by atoms with Gasteiger partial charge in [0.15, 0.2) is 0 Å². The first-order chi connectivity index (χ1) is 14.0. The van der Waals surface area contributed by atoms with Crippen molar-refractivity contribution in [2.45, 2.75) is 71.3 Å². The summed E-state index contributed by atoms with van der Waals surface area (Å²) in [6.07, 6.45) is 7.70. The van der Waals surface area contributed by atoms with E-state index in [1.165, 1.54) is 38.5 Å². The van der Waals surface area contributed by atoms with E-state index >= 15 is 0 Å². The fourth-order valence-electron chi connectivity index (χ4n) is 5.35. The molecule has 0 bridgehead atoms. The number of hydrogen-bond donors (Lipinski definition) is 0. The van der Waals surface area contributed by atoms with Gasteiger partial charge in [0.2, 0.25) is 5.91 Å². The Bertz CT molecular complexity index is 711. The van der Waals surface area contributed by atoms with Crippen LogP contribution in [0.5, 0.6) is 0 Å². The lowest BCUT2D eigenvalue weighted by atomic mass is 9.78. The maximum atomic E-state index is 13.1. The molecule has 2 unspecified atom stereocenters. The molecule has 0 spiro atoms. The lowest BCUT2D eigenvalue weighted by molar-refractivity contribution is -0.138. The maximum Gasteiger partial charge on any atom is 0.237 e. The van der Waals surface area contributed by atoms with Crippen LogP contribution in [0.15, 0.2) is 6.07 Å².